The van der Waals surface area contributed by atoms with Gasteiger partial charge in [-0.2, -0.15) is 0 Å². The number of allylic oxidation sites excluding steroid dienone is 6. The maximum absolute atomic E-state index is 13.2. The van der Waals surface area contributed by atoms with E-state index in [1.807, 2.05) is 0 Å². The number of nitrogens with one attached hydrogen (secondary N) is 1. The van der Waals surface area contributed by atoms with E-state index in [0.29, 0.717) is 19.3 Å². The highest BCUT2D eigenvalue weighted by molar-refractivity contribution is 5.77. The smallest absolute Gasteiger partial charge is 0.306 e. The number of carbonyl (C=O) groups excluding carboxylic acids is 2. The van der Waals surface area contributed by atoms with Crippen molar-refractivity contribution in [2.45, 2.75) is 289 Å². The van der Waals surface area contributed by atoms with E-state index in [1.165, 1.54) is 148 Å². The zero-order valence-electron chi connectivity index (χ0n) is 40.1. The molecule has 0 heterocycles. The molecule has 0 aromatic heterocycles. The number of hydrogen-bond donors (Lipinski definition) is 3. The monoisotopic (exact) mass is 844 g/mol. The van der Waals surface area contributed by atoms with Gasteiger partial charge in [0.15, 0.2) is 0 Å². The van der Waals surface area contributed by atoms with Gasteiger partial charge < -0.3 is 20.3 Å². The van der Waals surface area contributed by atoms with E-state index in [4.69, 9.17) is 4.74 Å². The van der Waals surface area contributed by atoms with Crippen molar-refractivity contribution in [3.63, 3.8) is 0 Å². The van der Waals surface area contributed by atoms with Crippen LogP contribution in [0.3, 0.4) is 0 Å². The van der Waals surface area contributed by atoms with Gasteiger partial charge in [0.2, 0.25) is 5.91 Å². The predicted molar refractivity (Wildman–Crippen MR) is 259 cm³/mol. The van der Waals surface area contributed by atoms with Crippen LogP contribution in [0.5, 0.6) is 0 Å². The van der Waals surface area contributed by atoms with Gasteiger partial charge in [-0.15, -0.1) is 0 Å². The second kappa shape index (κ2) is 48.1. The number of amides is 1. The number of hydrogen-bond acceptors (Lipinski definition) is 5. The average Bonchev–Trinajstić information content (AvgIpc) is 3.24. The molecule has 0 radical (unpaired) electrons. The van der Waals surface area contributed by atoms with Gasteiger partial charge >= 0.3 is 5.97 Å². The molecular formula is C54H101NO5. The summed E-state index contributed by atoms with van der Waals surface area (Å²) in [5, 5.41) is 23.8. The van der Waals surface area contributed by atoms with E-state index in [0.717, 1.165) is 77.0 Å². The zero-order valence-corrected chi connectivity index (χ0v) is 40.1. The second-order valence-corrected chi connectivity index (χ2v) is 17.9. The van der Waals surface area contributed by atoms with Gasteiger partial charge in [-0.05, 0) is 57.8 Å². The lowest BCUT2D eigenvalue weighted by Gasteiger charge is -2.24. The number of rotatable bonds is 47. The summed E-state index contributed by atoms with van der Waals surface area (Å²) in [5.41, 5.74) is 0. The Morgan fingerprint density at radius 3 is 1.35 bits per heavy atom. The van der Waals surface area contributed by atoms with Crippen LogP contribution in [0.25, 0.3) is 0 Å². The molecular weight excluding hydrogens is 743 g/mol. The highest BCUT2D eigenvalue weighted by atomic mass is 16.5. The minimum atomic E-state index is -0.795. The number of aliphatic hydroxyl groups excluding tert-OH is 2. The second-order valence-electron chi connectivity index (χ2n) is 17.9. The third kappa shape index (κ3) is 42.8. The molecule has 0 aliphatic carbocycles. The van der Waals surface area contributed by atoms with Crippen molar-refractivity contribution in [3.8, 4) is 0 Å². The molecule has 0 fully saturated rings. The van der Waals surface area contributed by atoms with Crippen LogP contribution in [-0.4, -0.2) is 46.9 Å². The maximum atomic E-state index is 13.2. The third-order valence-corrected chi connectivity index (χ3v) is 12.0. The molecule has 0 aliphatic rings. The first kappa shape index (κ1) is 58.1. The fourth-order valence-corrected chi connectivity index (χ4v) is 8.03. The van der Waals surface area contributed by atoms with E-state index in [1.54, 1.807) is 0 Å². The highest BCUT2D eigenvalue weighted by Gasteiger charge is 2.24. The molecule has 3 unspecified atom stereocenters. The Balaban J connectivity index is 4.53. The zero-order chi connectivity index (χ0) is 43.8. The van der Waals surface area contributed by atoms with Crippen molar-refractivity contribution in [2.24, 2.45) is 0 Å². The number of ether oxygens (including phenoxy) is 1. The van der Waals surface area contributed by atoms with E-state index in [2.05, 4.69) is 62.5 Å². The Hall–Kier alpha value is -1.92. The van der Waals surface area contributed by atoms with Crippen LogP contribution in [0.1, 0.15) is 271 Å². The Labute approximate surface area is 373 Å². The molecule has 0 saturated carbocycles. The van der Waals surface area contributed by atoms with Crippen molar-refractivity contribution in [2.75, 3.05) is 6.61 Å². The van der Waals surface area contributed by atoms with E-state index < -0.39 is 18.2 Å². The molecule has 6 heteroatoms. The molecule has 1 amide bonds. The molecule has 0 rings (SSSR count). The molecule has 0 bridgehead atoms. The fraction of sp³-hybridized carbons (Fsp3) is 0.852. The Bertz CT molecular complexity index is 993. The number of esters is 1. The van der Waals surface area contributed by atoms with Crippen LogP contribution >= 0.6 is 0 Å². The van der Waals surface area contributed by atoms with Gasteiger partial charge in [0.25, 0.3) is 0 Å². The number of carbonyl (C=O) groups is 2. The van der Waals surface area contributed by atoms with Crippen molar-refractivity contribution >= 4 is 11.9 Å². The predicted octanol–water partition coefficient (Wildman–Crippen LogP) is 15.7. The summed E-state index contributed by atoms with van der Waals surface area (Å²) in [5.74, 6) is -0.502. The molecule has 0 aromatic carbocycles. The van der Waals surface area contributed by atoms with Crippen LogP contribution in [0.4, 0.5) is 0 Å². The lowest BCUT2D eigenvalue weighted by molar-refractivity contribution is -0.151. The SMILES string of the molecule is CC/C=C/C/C=C/C/C=C/CCCCC(CC(=O)NC(CO)C(O)CCCCCCCCCCCCCCCCCC)OC(=O)CCCCCCCCCCCCCCC. The summed E-state index contributed by atoms with van der Waals surface area (Å²) < 4.78 is 5.91. The van der Waals surface area contributed by atoms with Crippen LogP contribution in [-0.2, 0) is 14.3 Å². The van der Waals surface area contributed by atoms with E-state index in [9.17, 15) is 19.8 Å². The molecule has 3 atom stereocenters. The first-order valence-corrected chi connectivity index (χ1v) is 26.2. The molecule has 6 nitrogen and oxygen atoms in total. The summed E-state index contributed by atoms with van der Waals surface area (Å²) in [6.45, 7) is 6.37. The maximum Gasteiger partial charge on any atom is 0.306 e. The fourth-order valence-electron chi connectivity index (χ4n) is 8.03. The Morgan fingerprint density at radius 1 is 0.500 bits per heavy atom. The molecule has 60 heavy (non-hydrogen) atoms. The summed E-state index contributed by atoms with van der Waals surface area (Å²) in [7, 11) is 0. The third-order valence-electron chi connectivity index (χ3n) is 12.0. The normalized spacial score (nSPS) is 13.5. The summed E-state index contributed by atoms with van der Waals surface area (Å²) in [4.78, 5) is 26.1. The van der Waals surface area contributed by atoms with Crippen LogP contribution in [0, 0.1) is 0 Å². The van der Waals surface area contributed by atoms with Crippen molar-refractivity contribution in [3.05, 3.63) is 36.5 Å². The van der Waals surface area contributed by atoms with E-state index >= 15 is 0 Å². The molecule has 0 saturated heterocycles. The van der Waals surface area contributed by atoms with Gasteiger partial charge in [0.1, 0.15) is 6.10 Å². The molecule has 0 spiro atoms. The standard InChI is InChI=1S/C54H101NO5/c1-4-7-10-13-16-19-22-25-26-27-29-31-34-37-40-43-46-52(57)51(49-56)55-53(58)48-50(45-42-39-36-33-30-24-21-18-15-12-9-6-3)60-54(59)47-44-41-38-35-32-28-23-20-17-14-11-8-5-2/h9,12,18,21,30,33,50-52,56-57H,4-8,10-11,13-17,19-20,22-29,31-32,34-49H2,1-3H3,(H,55,58)/b12-9+,21-18+,33-30+. The molecule has 0 aromatic rings. The topological polar surface area (TPSA) is 95.9 Å². The van der Waals surface area contributed by atoms with Gasteiger partial charge in [-0.3, -0.25) is 9.59 Å². The first-order valence-electron chi connectivity index (χ1n) is 26.2. The Kier molecular flexibility index (Phi) is 46.6. The first-order chi connectivity index (χ1) is 29.5. The minimum absolute atomic E-state index is 0.0553. The lowest BCUT2D eigenvalue weighted by atomic mass is 10.0. The van der Waals surface area contributed by atoms with Gasteiger partial charge in [-0.25, -0.2) is 0 Å². The van der Waals surface area contributed by atoms with Crippen LogP contribution < -0.4 is 5.32 Å². The van der Waals surface area contributed by atoms with Crippen molar-refractivity contribution in [1.29, 1.82) is 0 Å². The molecule has 3 N–H and O–H groups in total. The number of aliphatic hydroxyl groups is 2. The highest BCUT2D eigenvalue weighted by Crippen LogP contribution is 2.18. The lowest BCUT2D eigenvalue weighted by Crippen LogP contribution is -2.46. The van der Waals surface area contributed by atoms with Crippen LogP contribution in [0.2, 0.25) is 0 Å². The quantitative estimate of drug-likeness (QED) is 0.0322. The molecule has 0 aliphatic heterocycles. The van der Waals surface area contributed by atoms with Gasteiger partial charge in [0.05, 0.1) is 25.2 Å². The van der Waals surface area contributed by atoms with Crippen LogP contribution in [0.15, 0.2) is 36.5 Å². The van der Waals surface area contributed by atoms with Crippen molar-refractivity contribution < 1.29 is 24.5 Å². The average molecular weight is 844 g/mol. The summed E-state index contributed by atoms with van der Waals surface area (Å²) >= 11 is 0. The largest absolute Gasteiger partial charge is 0.462 e. The van der Waals surface area contributed by atoms with Crippen molar-refractivity contribution in [1.82, 2.24) is 5.32 Å². The Morgan fingerprint density at radius 2 is 0.900 bits per heavy atom. The minimum Gasteiger partial charge on any atom is -0.462 e. The summed E-state index contributed by atoms with van der Waals surface area (Å²) in [6, 6.07) is -0.710. The molecule has 352 valence electrons. The van der Waals surface area contributed by atoms with Gasteiger partial charge in [0, 0.05) is 6.42 Å². The van der Waals surface area contributed by atoms with Gasteiger partial charge in [-0.1, -0.05) is 237 Å². The summed E-state index contributed by atoms with van der Waals surface area (Å²) in [6.07, 6.45) is 56.4. The van der Waals surface area contributed by atoms with E-state index in [-0.39, 0.29) is 24.9 Å². The number of unbranched alkanes of at least 4 members (excludes halogenated alkanes) is 29.